The van der Waals surface area contributed by atoms with Crippen LogP contribution >= 0.6 is 50.5 Å². The van der Waals surface area contributed by atoms with E-state index in [4.69, 9.17) is 23.2 Å². The Morgan fingerprint density at radius 3 is 2.84 bits per heavy atom. The topological polar surface area (TPSA) is 17.8 Å². The van der Waals surface area contributed by atoms with Gasteiger partial charge in [0.25, 0.3) is 0 Å². The summed E-state index contributed by atoms with van der Waals surface area (Å²) >= 11 is 17.5. The molecule has 0 fully saturated rings. The Morgan fingerprint density at radius 1 is 1.32 bits per heavy atom. The van der Waals surface area contributed by atoms with Crippen molar-refractivity contribution in [3.63, 3.8) is 0 Å². The maximum atomic E-state index is 6.19. The molecule has 0 amide bonds. The van der Waals surface area contributed by atoms with E-state index in [1.54, 1.807) is 11.3 Å². The number of nitrogens with zero attached hydrogens (tertiary/aromatic N) is 2. The third-order valence-corrected chi connectivity index (χ3v) is 5.38. The van der Waals surface area contributed by atoms with E-state index in [9.17, 15) is 0 Å². The Bertz CT molecular complexity index is 735. The van der Waals surface area contributed by atoms with Crippen molar-refractivity contribution < 1.29 is 0 Å². The van der Waals surface area contributed by atoms with Crippen molar-refractivity contribution in [3.8, 4) is 0 Å². The Balaban J connectivity index is 2.16. The number of thiophene rings is 1. The van der Waals surface area contributed by atoms with E-state index in [0.717, 1.165) is 27.9 Å². The largest absolute Gasteiger partial charge is 0.322 e. The number of aromatic nitrogens is 2. The van der Waals surface area contributed by atoms with Gasteiger partial charge in [0.1, 0.15) is 11.3 Å². The molecule has 19 heavy (non-hydrogen) atoms. The van der Waals surface area contributed by atoms with Crippen molar-refractivity contribution in [2.45, 2.75) is 12.4 Å². The van der Waals surface area contributed by atoms with Crippen molar-refractivity contribution in [2.24, 2.45) is 0 Å². The van der Waals surface area contributed by atoms with Gasteiger partial charge in [-0.2, -0.15) is 0 Å². The molecule has 2 nitrogen and oxygen atoms in total. The number of halogens is 3. The van der Waals surface area contributed by atoms with Crippen LogP contribution in [0.5, 0.6) is 0 Å². The summed E-state index contributed by atoms with van der Waals surface area (Å²) in [6.45, 7) is 0.747. The molecule has 2 heterocycles. The van der Waals surface area contributed by atoms with Gasteiger partial charge < -0.3 is 4.57 Å². The number of rotatable bonds is 3. The number of benzene rings is 1. The Morgan fingerprint density at radius 2 is 2.16 bits per heavy atom. The molecule has 6 heteroatoms. The van der Waals surface area contributed by atoms with Gasteiger partial charge in [-0.05, 0) is 39.5 Å². The lowest BCUT2D eigenvalue weighted by Gasteiger charge is -2.06. The number of para-hydroxylation sites is 1. The van der Waals surface area contributed by atoms with E-state index in [-0.39, 0.29) is 0 Å². The summed E-state index contributed by atoms with van der Waals surface area (Å²) in [7, 11) is 0. The summed E-state index contributed by atoms with van der Waals surface area (Å²) < 4.78 is 3.23. The molecule has 0 aliphatic heterocycles. The number of hydrogen-bond donors (Lipinski definition) is 0. The molecule has 0 unspecified atom stereocenters. The monoisotopic (exact) mass is 374 g/mol. The molecule has 0 bridgehead atoms. The Hall–Kier alpha value is -0.550. The molecule has 0 saturated heterocycles. The molecular weight excluding hydrogens is 367 g/mol. The quantitative estimate of drug-likeness (QED) is 0.568. The van der Waals surface area contributed by atoms with Crippen molar-refractivity contribution in [2.75, 3.05) is 0 Å². The number of fused-ring (bicyclic) bond motifs is 1. The van der Waals surface area contributed by atoms with E-state index in [1.165, 1.54) is 4.88 Å². The van der Waals surface area contributed by atoms with Crippen LogP contribution in [0.1, 0.15) is 10.7 Å². The van der Waals surface area contributed by atoms with E-state index in [2.05, 4.69) is 30.9 Å². The predicted molar refractivity (Wildman–Crippen MR) is 85.4 cm³/mol. The maximum absolute atomic E-state index is 6.19. The molecular formula is C13H9BrCl2N2S. The minimum atomic E-state index is 0.369. The number of alkyl halides is 1. The lowest BCUT2D eigenvalue weighted by Crippen LogP contribution is -2.02. The first-order chi connectivity index (χ1) is 9.20. The lowest BCUT2D eigenvalue weighted by molar-refractivity contribution is 0.787. The minimum absolute atomic E-state index is 0.369. The van der Waals surface area contributed by atoms with Gasteiger partial charge in [-0.25, -0.2) is 4.98 Å². The standard InChI is InChI=1S/C13H9BrCl2N2S/c14-8-4-5-19-11(8)7-18-10-3-1-2-9(16)13(10)17-12(18)6-15/h1-5H,6-7H2. The van der Waals surface area contributed by atoms with Crippen LogP contribution in [0.25, 0.3) is 11.0 Å². The van der Waals surface area contributed by atoms with E-state index in [0.29, 0.717) is 10.9 Å². The van der Waals surface area contributed by atoms with Gasteiger partial charge in [-0.3, -0.25) is 0 Å². The normalized spacial score (nSPS) is 11.3. The zero-order valence-electron chi connectivity index (χ0n) is 9.74. The zero-order valence-corrected chi connectivity index (χ0v) is 13.7. The summed E-state index contributed by atoms with van der Waals surface area (Å²) in [5.74, 6) is 1.21. The maximum Gasteiger partial charge on any atom is 0.125 e. The van der Waals surface area contributed by atoms with Crippen molar-refractivity contribution in [1.29, 1.82) is 0 Å². The van der Waals surface area contributed by atoms with Gasteiger partial charge in [0.2, 0.25) is 0 Å². The number of hydrogen-bond acceptors (Lipinski definition) is 2. The summed E-state index contributed by atoms with van der Waals surface area (Å²) in [6.07, 6.45) is 0. The molecule has 0 aliphatic rings. The fourth-order valence-corrected chi connectivity index (χ4v) is 3.90. The summed E-state index contributed by atoms with van der Waals surface area (Å²) in [5.41, 5.74) is 1.83. The number of imidazole rings is 1. The van der Waals surface area contributed by atoms with E-state index in [1.807, 2.05) is 24.3 Å². The molecule has 1 aromatic carbocycles. The molecule has 3 rings (SSSR count). The third-order valence-electron chi connectivity index (χ3n) is 2.92. The first-order valence-corrected chi connectivity index (χ1v) is 8.20. The summed E-state index contributed by atoms with van der Waals surface area (Å²) in [4.78, 5) is 5.77. The molecule has 98 valence electrons. The Kier molecular flexibility index (Phi) is 3.85. The Labute approximate surface area is 133 Å². The second-order valence-corrected chi connectivity index (χ2v) is 6.58. The highest BCUT2D eigenvalue weighted by Crippen LogP contribution is 2.29. The van der Waals surface area contributed by atoms with Crippen LogP contribution in [0.2, 0.25) is 5.02 Å². The molecule has 0 atom stereocenters. The fourth-order valence-electron chi connectivity index (χ4n) is 2.02. The molecule has 0 saturated carbocycles. The van der Waals surface area contributed by atoms with Crippen LogP contribution in [0, 0.1) is 0 Å². The van der Waals surface area contributed by atoms with Gasteiger partial charge in [0.15, 0.2) is 0 Å². The smallest absolute Gasteiger partial charge is 0.125 e. The van der Waals surface area contributed by atoms with Crippen molar-refractivity contribution in [1.82, 2.24) is 9.55 Å². The van der Waals surface area contributed by atoms with Crippen molar-refractivity contribution >= 4 is 61.5 Å². The highest BCUT2D eigenvalue weighted by atomic mass is 79.9. The first kappa shape index (κ1) is 13.4. The summed E-state index contributed by atoms with van der Waals surface area (Å²) in [6, 6.07) is 7.85. The molecule has 2 aromatic heterocycles. The molecule has 0 aliphatic carbocycles. The van der Waals surface area contributed by atoms with Gasteiger partial charge in [0.05, 0.1) is 23.0 Å². The first-order valence-electron chi connectivity index (χ1n) is 5.62. The van der Waals surface area contributed by atoms with Crippen LogP contribution in [0.15, 0.2) is 34.1 Å². The fraction of sp³-hybridized carbons (Fsp3) is 0.154. The lowest BCUT2D eigenvalue weighted by atomic mass is 10.3. The second-order valence-electron chi connectivity index (χ2n) is 4.05. The van der Waals surface area contributed by atoms with Gasteiger partial charge in [0, 0.05) is 9.35 Å². The van der Waals surface area contributed by atoms with E-state index < -0.39 is 0 Å². The highest BCUT2D eigenvalue weighted by Gasteiger charge is 2.13. The minimum Gasteiger partial charge on any atom is -0.322 e. The van der Waals surface area contributed by atoms with E-state index >= 15 is 0 Å². The second kappa shape index (κ2) is 5.44. The molecule has 0 radical (unpaired) electrons. The SMILES string of the molecule is ClCc1nc2c(Cl)cccc2n1Cc1sccc1Br. The van der Waals surface area contributed by atoms with Crippen LogP contribution in [0.3, 0.4) is 0 Å². The van der Waals surface area contributed by atoms with Gasteiger partial charge in [-0.1, -0.05) is 17.7 Å². The average molecular weight is 376 g/mol. The highest BCUT2D eigenvalue weighted by molar-refractivity contribution is 9.10. The zero-order chi connectivity index (χ0) is 13.4. The summed E-state index contributed by atoms with van der Waals surface area (Å²) in [5, 5.41) is 2.72. The molecule has 0 spiro atoms. The predicted octanol–water partition coefficient (Wildman–Crippen LogP) is 5.30. The molecule has 0 N–H and O–H groups in total. The average Bonchev–Trinajstić information content (AvgIpc) is 2.96. The van der Waals surface area contributed by atoms with Crippen LogP contribution in [-0.4, -0.2) is 9.55 Å². The van der Waals surface area contributed by atoms with Crippen molar-refractivity contribution in [3.05, 3.63) is 49.8 Å². The third kappa shape index (κ3) is 2.42. The van der Waals surface area contributed by atoms with Gasteiger partial charge in [-0.15, -0.1) is 22.9 Å². The molecule has 3 aromatic rings. The van der Waals surface area contributed by atoms with Crippen LogP contribution < -0.4 is 0 Å². The van der Waals surface area contributed by atoms with Gasteiger partial charge >= 0.3 is 0 Å². The van der Waals surface area contributed by atoms with Crippen LogP contribution in [-0.2, 0) is 12.4 Å². The van der Waals surface area contributed by atoms with Crippen LogP contribution in [0.4, 0.5) is 0 Å².